The molecule has 5 aromatic carbocycles. The molecule has 0 unspecified atom stereocenters. The molecular weight excluding hydrogens is 861 g/mol. The van der Waals surface area contributed by atoms with Crippen LogP contribution in [0.2, 0.25) is 5.04 Å². The molecule has 2 N–H and O–H groups in total. The maximum atomic E-state index is 15.1. The van der Waals surface area contributed by atoms with Crippen LogP contribution in [0.3, 0.4) is 0 Å². The number of nitrogens with zero attached hydrogens (tertiary/aromatic N) is 2. The molecule has 1 aliphatic heterocycles. The standard InChI is InChI=1S/C54H60N4O8Si/c1-54(2,3)67(45-23-14-8-15-24-45,46-25-16-9-17-26-46)66-38-43(34-41-30-32-57(51(41)60)36-42-28-29-44(63-4)35-49(42)64-5)55-50(59)48(33-39-19-10-6-11-20-39)58-31-18-27-47(52(58)61)56-53(62)65-37-40-21-12-7-13-22-40/h6-29,31,35,41,43,48H,30,32-34,36-38H2,1-5H3,(H,55,59)(H,56,62)/t41-,43-,48-/m0/s1. The molecule has 13 heteroatoms. The highest BCUT2D eigenvalue weighted by Gasteiger charge is 2.50. The summed E-state index contributed by atoms with van der Waals surface area (Å²) in [6, 6.07) is 46.2. The van der Waals surface area contributed by atoms with Gasteiger partial charge in [-0.3, -0.25) is 19.7 Å². The highest BCUT2D eigenvalue weighted by atomic mass is 28.4. The molecule has 12 nitrogen and oxygen atoms in total. The quantitative estimate of drug-likeness (QED) is 0.0784. The molecule has 1 aromatic heterocycles. The lowest BCUT2D eigenvalue weighted by molar-refractivity contribution is -0.132. The van der Waals surface area contributed by atoms with E-state index >= 15 is 4.79 Å². The first-order chi connectivity index (χ1) is 32.4. The second-order valence-electron chi connectivity index (χ2n) is 17.9. The zero-order valence-corrected chi connectivity index (χ0v) is 39.9. The van der Waals surface area contributed by atoms with Crippen molar-refractivity contribution in [1.29, 1.82) is 0 Å². The molecule has 3 atom stereocenters. The van der Waals surface area contributed by atoms with Gasteiger partial charge in [-0.05, 0) is 63.6 Å². The van der Waals surface area contributed by atoms with Crippen LogP contribution in [0.5, 0.6) is 11.5 Å². The fraction of sp³-hybridized carbons (Fsp3) is 0.296. The van der Waals surface area contributed by atoms with Crippen molar-refractivity contribution >= 4 is 42.3 Å². The highest BCUT2D eigenvalue weighted by Crippen LogP contribution is 2.37. The molecule has 0 aliphatic carbocycles. The average Bonchev–Trinajstić information content (AvgIpc) is 3.68. The number of pyridine rings is 1. The third-order valence-electron chi connectivity index (χ3n) is 12.4. The van der Waals surface area contributed by atoms with Crippen LogP contribution in [0, 0.1) is 5.92 Å². The number of nitrogens with one attached hydrogen (secondary N) is 2. The van der Waals surface area contributed by atoms with E-state index in [2.05, 4.69) is 55.7 Å². The lowest BCUT2D eigenvalue weighted by atomic mass is 9.98. The fourth-order valence-corrected chi connectivity index (χ4v) is 13.6. The lowest BCUT2D eigenvalue weighted by Gasteiger charge is -2.44. The van der Waals surface area contributed by atoms with E-state index in [1.165, 1.54) is 10.6 Å². The van der Waals surface area contributed by atoms with E-state index in [0.717, 1.165) is 27.1 Å². The summed E-state index contributed by atoms with van der Waals surface area (Å²) in [6.45, 7) is 7.56. The van der Waals surface area contributed by atoms with Gasteiger partial charge < -0.3 is 33.4 Å². The van der Waals surface area contributed by atoms with E-state index in [1.54, 1.807) is 26.5 Å². The Morgan fingerprint density at radius 3 is 1.97 bits per heavy atom. The van der Waals surface area contributed by atoms with E-state index in [9.17, 15) is 14.4 Å². The largest absolute Gasteiger partial charge is 0.497 e. The maximum Gasteiger partial charge on any atom is 0.412 e. The van der Waals surface area contributed by atoms with Crippen molar-refractivity contribution in [3.8, 4) is 11.5 Å². The van der Waals surface area contributed by atoms with Crippen molar-refractivity contribution in [2.75, 3.05) is 32.7 Å². The van der Waals surface area contributed by atoms with Crippen LogP contribution in [0.1, 0.15) is 56.3 Å². The number of carbonyl (C=O) groups excluding carboxylic acids is 3. The Bertz CT molecular complexity index is 2600. The maximum absolute atomic E-state index is 15.1. The van der Waals surface area contributed by atoms with Crippen LogP contribution >= 0.6 is 0 Å². The average molecular weight is 921 g/mol. The van der Waals surface area contributed by atoms with Gasteiger partial charge in [-0.15, -0.1) is 0 Å². The molecule has 6 aromatic rings. The third kappa shape index (κ3) is 11.5. The summed E-state index contributed by atoms with van der Waals surface area (Å²) in [6.07, 6.45) is 1.78. The van der Waals surface area contributed by atoms with Crippen molar-refractivity contribution in [2.45, 2.75) is 70.3 Å². The molecule has 1 aliphatic rings. The van der Waals surface area contributed by atoms with E-state index in [1.807, 2.05) is 120 Å². The number of aromatic nitrogens is 1. The molecule has 1 fully saturated rings. The number of anilines is 1. The molecule has 67 heavy (non-hydrogen) atoms. The lowest BCUT2D eigenvalue weighted by Crippen LogP contribution is -2.67. The van der Waals surface area contributed by atoms with Gasteiger partial charge in [-0.25, -0.2) is 4.79 Å². The van der Waals surface area contributed by atoms with Gasteiger partial charge in [0.1, 0.15) is 29.8 Å². The summed E-state index contributed by atoms with van der Waals surface area (Å²) in [5, 5.41) is 7.70. The van der Waals surface area contributed by atoms with Crippen molar-refractivity contribution in [2.24, 2.45) is 5.92 Å². The Morgan fingerprint density at radius 2 is 1.37 bits per heavy atom. The monoisotopic (exact) mass is 920 g/mol. The van der Waals surface area contributed by atoms with Crippen molar-refractivity contribution in [1.82, 2.24) is 14.8 Å². The molecule has 348 valence electrons. The second kappa shape index (κ2) is 22.0. The molecule has 7 rings (SSSR count). The SMILES string of the molecule is COc1ccc(CN2CC[C@@H](C[C@@H](CO[Si](c3ccccc3)(c3ccccc3)C(C)(C)C)NC(=O)[C@H](Cc3ccccc3)n3cccc(NC(=O)OCc4ccccc4)c3=O)C2=O)c(OC)c1. The Balaban J connectivity index is 1.21. The Morgan fingerprint density at radius 1 is 0.761 bits per heavy atom. The van der Waals surface area contributed by atoms with Gasteiger partial charge in [-0.2, -0.15) is 0 Å². The van der Waals surface area contributed by atoms with Gasteiger partial charge >= 0.3 is 6.09 Å². The van der Waals surface area contributed by atoms with Crippen LogP contribution in [0.4, 0.5) is 10.5 Å². The number of methoxy groups -OCH3 is 2. The number of likely N-dealkylation sites (tertiary alicyclic amines) is 1. The summed E-state index contributed by atoms with van der Waals surface area (Å²) in [7, 11) is 0.0827. The van der Waals surface area contributed by atoms with Gasteiger partial charge in [0.15, 0.2) is 0 Å². The van der Waals surface area contributed by atoms with Crippen LogP contribution in [0.15, 0.2) is 163 Å². The predicted octanol–water partition coefficient (Wildman–Crippen LogP) is 7.90. The van der Waals surface area contributed by atoms with E-state index in [-0.39, 0.29) is 36.3 Å². The fourth-order valence-electron chi connectivity index (χ4n) is 9.04. The highest BCUT2D eigenvalue weighted by molar-refractivity contribution is 6.99. The van der Waals surface area contributed by atoms with Crippen LogP contribution in [-0.2, 0) is 38.3 Å². The zero-order chi connectivity index (χ0) is 47.4. The Kier molecular flexibility index (Phi) is 15.8. The minimum atomic E-state index is -3.11. The molecule has 0 saturated carbocycles. The summed E-state index contributed by atoms with van der Waals surface area (Å²) in [5.41, 5.74) is 1.85. The van der Waals surface area contributed by atoms with Gasteiger partial charge in [0.25, 0.3) is 13.9 Å². The van der Waals surface area contributed by atoms with Crippen molar-refractivity contribution in [3.05, 3.63) is 185 Å². The van der Waals surface area contributed by atoms with E-state index in [0.29, 0.717) is 37.4 Å². The molecular formula is C54H60N4O8Si. The van der Waals surface area contributed by atoms with E-state index < -0.39 is 43.9 Å². The number of amides is 3. The smallest absolute Gasteiger partial charge is 0.412 e. The van der Waals surface area contributed by atoms with Crippen LogP contribution < -0.4 is 36.0 Å². The third-order valence-corrected chi connectivity index (χ3v) is 17.4. The summed E-state index contributed by atoms with van der Waals surface area (Å²) < 4.78 is 25.3. The Hall–Kier alpha value is -6.96. The van der Waals surface area contributed by atoms with Crippen LogP contribution in [0.25, 0.3) is 0 Å². The Labute approximate surface area is 394 Å². The molecule has 1 saturated heterocycles. The predicted molar refractivity (Wildman–Crippen MR) is 263 cm³/mol. The topological polar surface area (TPSA) is 137 Å². The van der Waals surface area contributed by atoms with E-state index in [4.69, 9.17) is 18.6 Å². The number of hydrogen-bond acceptors (Lipinski definition) is 8. The normalized spacial score (nSPS) is 14.8. The molecule has 2 heterocycles. The number of ether oxygens (including phenoxy) is 3. The van der Waals surface area contributed by atoms with Crippen molar-refractivity contribution in [3.63, 3.8) is 0 Å². The summed E-state index contributed by atoms with van der Waals surface area (Å²) in [5.74, 6) is 0.390. The number of rotatable bonds is 19. The minimum absolute atomic E-state index is 0.0149. The number of benzene rings is 5. The van der Waals surface area contributed by atoms with Crippen molar-refractivity contribution < 1.29 is 33.0 Å². The van der Waals surface area contributed by atoms with Gasteiger partial charge in [-0.1, -0.05) is 142 Å². The first kappa shape index (κ1) is 48.0. The van der Waals surface area contributed by atoms with Gasteiger partial charge in [0, 0.05) is 43.3 Å². The number of hydrogen-bond donors (Lipinski definition) is 2. The first-order valence-electron chi connectivity index (χ1n) is 22.7. The molecule has 0 spiro atoms. The summed E-state index contributed by atoms with van der Waals surface area (Å²) in [4.78, 5) is 58.6. The second-order valence-corrected chi connectivity index (χ2v) is 22.2. The van der Waals surface area contributed by atoms with Gasteiger partial charge in [0.05, 0.1) is 26.9 Å². The molecule has 0 radical (unpaired) electrons. The number of carbonyl (C=O) groups is 3. The van der Waals surface area contributed by atoms with Gasteiger partial charge in [0.2, 0.25) is 11.8 Å². The molecule has 3 amide bonds. The zero-order valence-electron chi connectivity index (χ0n) is 38.9. The summed E-state index contributed by atoms with van der Waals surface area (Å²) >= 11 is 0. The van der Waals surface area contributed by atoms with Crippen LogP contribution in [-0.4, -0.2) is 69.1 Å². The minimum Gasteiger partial charge on any atom is -0.497 e. The molecule has 0 bridgehead atoms. The first-order valence-corrected chi connectivity index (χ1v) is 24.6.